The van der Waals surface area contributed by atoms with Crippen LogP contribution in [-0.2, 0) is 12.8 Å². The predicted octanol–water partition coefficient (Wildman–Crippen LogP) is 9.24. The summed E-state index contributed by atoms with van der Waals surface area (Å²) in [6.07, 6.45) is 2.08. The van der Waals surface area contributed by atoms with Crippen molar-refractivity contribution in [2.24, 2.45) is 0 Å². The predicted molar refractivity (Wildman–Crippen MR) is 223 cm³/mol. The van der Waals surface area contributed by atoms with Crippen LogP contribution in [0.15, 0.2) is 97.1 Å². The van der Waals surface area contributed by atoms with Crippen LogP contribution in [-0.4, -0.2) is 94.0 Å². The summed E-state index contributed by atoms with van der Waals surface area (Å²) in [5.41, 5.74) is 4.33. The van der Waals surface area contributed by atoms with Gasteiger partial charge in [-0.2, -0.15) is 18.7 Å². The van der Waals surface area contributed by atoms with Gasteiger partial charge in [0.2, 0.25) is 10.3 Å². The first kappa shape index (κ1) is 38.6. The lowest BCUT2D eigenvalue weighted by molar-refractivity contribution is 0.261. The minimum atomic E-state index is -0.266. The van der Waals surface area contributed by atoms with Gasteiger partial charge in [0, 0.05) is 115 Å². The summed E-state index contributed by atoms with van der Waals surface area (Å²) in [7, 11) is 0. The molecule has 4 aromatic carbocycles. The van der Waals surface area contributed by atoms with E-state index in [1.165, 1.54) is 46.3 Å². The molecule has 2 fully saturated rings. The molecule has 6 aromatic rings. The van der Waals surface area contributed by atoms with Crippen molar-refractivity contribution < 1.29 is 4.39 Å². The van der Waals surface area contributed by atoms with Crippen molar-refractivity contribution in [3.63, 3.8) is 0 Å². The zero-order chi connectivity index (χ0) is 37.3. The fourth-order valence-electron chi connectivity index (χ4n) is 6.38. The van der Waals surface area contributed by atoms with E-state index in [-0.39, 0.29) is 5.82 Å². The lowest BCUT2D eigenvalue weighted by atomic mass is 10.1. The van der Waals surface area contributed by atoms with Gasteiger partial charge in [-0.05, 0) is 72.5 Å². The van der Waals surface area contributed by atoms with Crippen molar-refractivity contribution in [2.75, 3.05) is 75.2 Å². The second-order valence-electron chi connectivity index (χ2n) is 13.2. The van der Waals surface area contributed by atoms with Gasteiger partial charge in [0.15, 0.2) is 11.6 Å². The van der Waals surface area contributed by atoms with Crippen molar-refractivity contribution in [2.45, 2.75) is 12.8 Å². The van der Waals surface area contributed by atoms with E-state index < -0.39 is 0 Å². The van der Waals surface area contributed by atoms with Gasteiger partial charge >= 0.3 is 0 Å². The summed E-state index contributed by atoms with van der Waals surface area (Å²) in [5, 5.41) is 4.18. The third-order valence-corrected chi connectivity index (χ3v) is 11.8. The molecule has 0 N–H and O–H groups in total. The molecule has 2 aliphatic rings. The highest BCUT2D eigenvalue weighted by Gasteiger charge is 2.22. The molecule has 0 atom stereocenters. The minimum absolute atomic E-state index is 0.266. The molecular formula is C40H40Cl3FN8S2. The maximum absolute atomic E-state index is 13.4. The Bertz CT molecular complexity index is 1930. The van der Waals surface area contributed by atoms with E-state index in [9.17, 15) is 4.39 Å². The zero-order valence-corrected chi connectivity index (χ0v) is 33.5. The average molecular weight is 822 g/mol. The van der Waals surface area contributed by atoms with Crippen LogP contribution >= 0.6 is 57.9 Å². The molecule has 2 aliphatic heterocycles. The highest BCUT2D eigenvalue weighted by atomic mass is 35.5. The lowest BCUT2D eigenvalue weighted by Crippen LogP contribution is -2.47. The molecule has 14 heteroatoms. The fraction of sp³-hybridized carbons (Fsp3) is 0.300. The Morgan fingerprint density at radius 3 is 1.41 bits per heavy atom. The summed E-state index contributed by atoms with van der Waals surface area (Å²) in [5.74, 6) is 1.08. The quantitative estimate of drug-likeness (QED) is 0.136. The maximum Gasteiger partial charge on any atom is 0.205 e. The van der Waals surface area contributed by atoms with Crippen LogP contribution in [0, 0.1) is 5.82 Å². The third-order valence-electron chi connectivity index (χ3n) is 9.54. The molecule has 0 radical (unpaired) electrons. The summed E-state index contributed by atoms with van der Waals surface area (Å²) in [6.45, 7) is 10.0. The van der Waals surface area contributed by atoms with E-state index in [2.05, 4.69) is 57.6 Å². The molecule has 0 aliphatic carbocycles. The van der Waals surface area contributed by atoms with Crippen molar-refractivity contribution in [3.8, 4) is 22.8 Å². The van der Waals surface area contributed by atoms with Gasteiger partial charge in [0.1, 0.15) is 5.82 Å². The average Bonchev–Trinajstić information content (AvgIpc) is 3.90. The van der Waals surface area contributed by atoms with Crippen LogP contribution in [0.1, 0.15) is 11.1 Å². The Labute approximate surface area is 339 Å². The summed E-state index contributed by atoms with van der Waals surface area (Å²) < 4.78 is 22.3. The molecule has 2 aromatic heterocycles. The van der Waals surface area contributed by atoms with Crippen LogP contribution < -0.4 is 9.80 Å². The summed E-state index contributed by atoms with van der Waals surface area (Å²) in [4.78, 5) is 18.9. The SMILES string of the molecule is Clc1ccc(CCN2CCN(c3nc(-c4cccc(Cl)c4)ns3)CC2)cc1.Fc1cccc(-c2nsc(N3CCN(CCc4ccc(Cl)cc4)CC3)n2)c1. The van der Waals surface area contributed by atoms with Crippen molar-refractivity contribution in [1.82, 2.24) is 28.5 Å². The van der Waals surface area contributed by atoms with Crippen molar-refractivity contribution >= 4 is 68.1 Å². The number of benzene rings is 4. The topological polar surface area (TPSA) is 64.5 Å². The standard InChI is InChI=1S/C20H20Cl2N4S.C20H20ClFN4S/c2*21-17-6-4-15(5-7-17)8-9-25-10-12-26(13-11-25)20-23-19(24-27-20)16-2-1-3-18(22)14-16/h2*1-7,14H,8-13H2. The van der Waals surface area contributed by atoms with E-state index in [0.717, 1.165) is 116 Å². The van der Waals surface area contributed by atoms with Gasteiger partial charge in [0.25, 0.3) is 0 Å². The van der Waals surface area contributed by atoms with E-state index in [0.29, 0.717) is 10.8 Å². The van der Waals surface area contributed by atoms with E-state index in [1.807, 2.05) is 54.6 Å². The number of hydrogen-bond donors (Lipinski definition) is 0. The molecule has 8 rings (SSSR count). The Kier molecular flexibility index (Phi) is 13.4. The van der Waals surface area contributed by atoms with Crippen molar-refractivity contribution in [1.29, 1.82) is 0 Å². The molecule has 4 heterocycles. The van der Waals surface area contributed by atoms with Gasteiger partial charge in [-0.15, -0.1) is 0 Å². The molecular weight excluding hydrogens is 782 g/mol. The molecule has 0 unspecified atom stereocenters. The normalized spacial score (nSPS) is 15.3. The smallest absolute Gasteiger partial charge is 0.205 e. The molecule has 0 spiro atoms. The monoisotopic (exact) mass is 820 g/mol. The molecule has 54 heavy (non-hydrogen) atoms. The molecule has 0 bridgehead atoms. The van der Waals surface area contributed by atoms with E-state index in [1.54, 1.807) is 6.07 Å². The second-order valence-corrected chi connectivity index (χ2v) is 16.0. The highest BCUT2D eigenvalue weighted by Crippen LogP contribution is 2.27. The third kappa shape index (κ3) is 10.8. The minimum Gasteiger partial charge on any atom is -0.344 e. The van der Waals surface area contributed by atoms with Crippen LogP contribution in [0.3, 0.4) is 0 Å². The number of aromatic nitrogens is 4. The van der Waals surface area contributed by atoms with Crippen LogP contribution in [0.2, 0.25) is 15.1 Å². The fourth-order valence-corrected chi connectivity index (χ4v) is 8.30. The Balaban J connectivity index is 0.000000167. The first-order valence-corrected chi connectivity index (χ1v) is 20.7. The van der Waals surface area contributed by atoms with Crippen LogP contribution in [0.4, 0.5) is 14.7 Å². The van der Waals surface area contributed by atoms with Gasteiger partial charge < -0.3 is 9.80 Å². The highest BCUT2D eigenvalue weighted by molar-refractivity contribution is 7.10. The Morgan fingerprint density at radius 2 is 0.963 bits per heavy atom. The first-order chi connectivity index (χ1) is 26.3. The van der Waals surface area contributed by atoms with Gasteiger partial charge in [-0.3, -0.25) is 9.80 Å². The largest absolute Gasteiger partial charge is 0.344 e. The van der Waals surface area contributed by atoms with Crippen LogP contribution in [0.5, 0.6) is 0 Å². The van der Waals surface area contributed by atoms with Gasteiger partial charge in [-0.1, -0.05) is 83.3 Å². The van der Waals surface area contributed by atoms with E-state index >= 15 is 0 Å². The molecule has 8 nitrogen and oxygen atoms in total. The molecule has 2 saturated heterocycles. The summed E-state index contributed by atoms with van der Waals surface area (Å²) >= 11 is 20.8. The lowest BCUT2D eigenvalue weighted by Gasteiger charge is -2.34. The number of nitrogens with zero attached hydrogens (tertiary/aromatic N) is 8. The molecule has 0 amide bonds. The number of piperazine rings is 2. The summed E-state index contributed by atoms with van der Waals surface area (Å²) in [6, 6.07) is 30.3. The van der Waals surface area contributed by atoms with Crippen LogP contribution in [0.25, 0.3) is 22.8 Å². The molecule has 280 valence electrons. The molecule has 0 saturated carbocycles. The number of rotatable bonds is 10. The second kappa shape index (κ2) is 18.8. The first-order valence-electron chi connectivity index (χ1n) is 18.0. The zero-order valence-electron chi connectivity index (χ0n) is 29.6. The number of halogens is 4. The van der Waals surface area contributed by atoms with Crippen molar-refractivity contribution in [3.05, 3.63) is 129 Å². The van der Waals surface area contributed by atoms with Gasteiger partial charge in [0.05, 0.1) is 0 Å². The Morgan fingerprint density at radius 1 is 0.519 bits per heavy atom. The van der Waals surface area contributed by atoms with E-state index in [4.69, 9.17) is 39.8 Å². The number of hydrogen-bond acceptors (Lipinski definition) is 10. The van der Waals surface area contributed by atoms with Gasteiger partial charge in [-0.25, -0.2) is 4.39 Å². The maximum atomic E-state index is 13.4. The number of anilines is 2. The Hall–Kier alpha value is -3.68.